The van der Waals surface area contributed by atoms with Crippen molar-refractivity contribution >= 4 is 18.2 Å². The van der Waals surface area contributed by atoms with Crippen LogP contribution in [-0.4, -0.2) is 23.2 Å². The first-order valence-electron chi connectivity index (χ1n) is 9.74. The van der Waals surface area contributed by atoms with E-state index in [1.54, 1.807) is 0 Å². The summed E-state index contributed by atoms with van der Waals surface area (Å²) in [5.41, 5.74) is 3.34. The zero-order valence-electron chi connectivity index (χ0n) is 15.9. The second kappa shape index (κ2) is 6.77. The van der Waals surface area contributed by atoms with Crippen LogP contribution in [0.25, 0.3) is 0 Å². The second-order valence-corrected chi connectivity index (χ2v) is 7.42. The summed E-state index contributed by atoms with van der Waals surface area (Å²) in [6.07, 6.45) is 13.4. The zero-order valence-corrected chi connectivity index (χ0v) is 15.9. The van der Waals surface area contributed by atoms with Crippen LogP contribution in [-0.2, 0) is 0 Å². The Morgan fingerprint density at radius 2 is 1.86 bits per heavy atom. The Kier molecular flexibility index (Phi) is 4.10. The molecule has 2 aliphatic heterocycles. The van der Waals surface area contributed by atoms with Gasteiger partial charge in [-0.05, 0) is 62.1 Å². The molecule has 2 aromatic carbocycles. The van der Waals surface area contributed by atoms with Gasteiger partial charge in [-0.25, -0.2) is 10.0 Å². The number of hydrogen-bond acceptors (Lipinski definition) is 4. The summed E-state index contributed by atoms with van der Waals surface area (Å²) in [5.74, 6) is 1.73. The summed E-state index contributed by atoms with van der Waals surface area (Å²) >= 11 is 0. The van der Waals surface area contributed by atoms with E-state index in [0.29, 0.717) is 10.6 Å². The Balaban J connectivity index is 1.47. The average Bonchev–Trinajstić information content (AvgIpc) is 3.12. The Hall–Kier alpha value is -3.18. The van der Waals surface area contributed by atoms with E-state index in [4.69, 9.17) is 4.74 Å². The summed E-state index contributed by atoms with van der Waals surface area (Å²) in [6.45, 7) is 2.06. The van der Waals surface area contributed by atoms with Gasteiger partial charge in [-0.3, -0.25) is 4.99 Å². The SMILES string of the molecule is Cc1ccccc1Oc1ccc(N(C2CCC2)[N+]23C=CN=CC2=CN=C3)cc1. The number of allylic oxidation sites excluding steroid dienone is 1. The molecular formula is C23H23N4O+. The van der Waals surface area contributed by atoms with Gasteiger partial charge in [0.25, 0.3) is 0 Å². The normalized spacial score (nSPS) is 22.5. The number of hydrogen-bond donors (Lipinski definition) is 0. The van der Waals surface area contributed by atoms with Crippen LogP contribution >= 0.6 is 0 Å². The molecule has 5 nitrogen and oxygen atoms in total. The highest BCUT2D eigenvalue weighted by Crippen LogP contribution is 2.39. The summed E-state index contributed by atoms with van der Waals surface area (Å²) in [5, 5.41) is 2.44. The van der Waals surface area contributed by atoms with Crippen molar-refractivity contribution in [2.45, 2.75) is 32.2 Å². The number of anilines is 1. The third kappa shape index (κ3) is 2.75. The highest BCUT2D eigenvalue weighted by molar-refractivity contribution is 5.82. The fourth-order valence-electron chi connectivity index (χ4n) is 3.90. The first-order valence-corrected chi connectivity index (χ1v) is 9.74. The predicted molar refractivity (Wildman–Crippen MR) is 112 cm³/mol. The van der Waals surface area contributed by atoms with E-state index in [0.717, 1.165) is 28.4 Å². The number of nitrogens with zero attached hydrogens (tertiary/aromatic N) is 4. The molecule has 1 aliphatic carbocycles. The Bertz CT molecular complexity index is 1000. The first kappa shape index (κ1) is 17.0. The van der Waals surface area contributed by atoms with Crippen LogP contribution in [0.2, 0.25) is 0 Å². The van der Waals surface area contributed by atoms with Crippen molar-refractivity contribution in [1.29, 1.82) is 0 Å². The Morgan fingerprint density at radius 3 is 2.61 bits per heavy atom. The van der Waals surface area contributed by atoms with E-state index in [1.165, 1.54) is 19.3 Å². The second-order valence-electron chi connectivity index (χ2n) is 7.42. The quantitative estimate of drug-likeness (QED) is 0.667. The number of ether oxygens (including phenoxy) is 1. The maximum absolute atomic E-state index is 6.08. The molecule has 140 valence electrons. The van der Waals surface area contributed by atoms with Crippen LogP contribution < -0.4 is 9.75 Å². The van der Waals surface area contributed by atoms with Gasteiger partial charge in [0.15, 0.2) is 6.20 Å². The molecular weight excluding hydrogens is 348 g/mol. The molecule has 2 aromatic rings. The fraction of sp³-hybridized carbons (Fsp3) is 0.217. The van der Waals surface area contributed by atoms with Gasteiger partial charge in [0, 0.05) is 0 Å². The van der Waals surface area contributed by atoms with E-state index < -0.39 is 0 Å². The van der Waals surface area contributed by atoms with Crippen molar-refractivity contribution < 1.29 is 9.33 Å². The largest absolute Gasteiger partial charge is 0.457 e. The van der Waals surface area contributed by atoms with E-state index in [1.807, 2.05) is 55.3 Å². The van der Waals surface area contributed by atoms with Crippen molar-refractivity contribution in [3.8, 4) is 11.5 Å². The zero-order chi connectivity index (χ0) is 19.0. The van der Waals surface area contributed by atoms with Crippen LogP contribution in [0.4, 0.5) is 5.69 Å². The number of benzene rings is 2. The summed E-state index contributed by atoms with van der Waals surface area (Å²) in [7, 11) is 0. The Labute approximate surface area is 165 Å². The van der Waals surface area contributed by atoms with Crippen LogP contribution in [0, 0.1) is 6.92 Å². The van der Waals surface area contributed by atoms with Crippen LogP contribution in [0.15, 0.2) is 82.8 Å². The molecule has 5 rings (SSSR count). The van der Waals surface area contributed by atoms with Gasteiger partial charge in [-0.15, -0.1) is 4.59 Å². The predicted octanol–water partition coefficient (Wildman–Crippen LogP) is 5.32. The van der Waals surface area contributed by atoms with Gasteiger partial charge in [-0.2, -0.15) is 0 Å². The van der Waals surface area contributed by atoms with Gasteiger partial charge >= 0.3 is 0 Å². The highest BCUT2D eigenvalue weighted by atomic mass is 16.5. The molecule has 28 heavy (non-hydrogen) atoms. The van der Waals surface area contributed by atoms with Gasteiger partial charge in [0.05, 0.1) is 30.3 Å². The third-order valence-electron chi connectivity index (χ3n) is 5.65. The molecule has 0 radical (unpaired) electrons. The number of quaternary nitrogens is 1. The van der Waals surface area contributed by atoms with E-state index in [-0.39, 0.29) is 0 Å². The maximum Gasteiger partial charge on any atom is 0.225 e. The monoisotopic (exact) mass is 371 g/mol. The molecule has 0 spiro atoms. The van der Waals surface area contributed by atoms with E-state index >= 15 is 0 Å². The molecule has 0 amide bonds. The van der Waals surface area contributed by atoms with Crippen molar-refractivity contribution in [3.05, 3.63) is 78.4 Å². The highest BCUT2D eigenvalue weighted by Gasteiger charge is 2.46. The number of aryl methyl sites for hydroxylation is 1. The lowest BCUT2D eigenvalue weighted by Gasteiger charge is -2.46. The van der Waals surface area contributed by atoms with Gasteiger partial charge in [0.1, 0.15) is 11.5 Å². The number of rotatable bonds is 5. The number of para-hydroxylation sites is 1. The molecule has 1 unspecified atom stereocenters. The number of aliphatic imine (C=N–C) groups is 2. The maximum atomic E-state index is 6.08. The molecule has 0 bridgehead atoms. The lowest BCUT2D eigenvalue weighted by Crippen LogP contribution is -2.61. The molecule has 3 aliphatic rings. The van der Waals surface area contributed by atoms with Gasteiger partial charge in [0.2, 0.25) is 12.0 Å². The fourth-order valence-corrected chi connectivity index (χ4v) is 3.90. The van der Waals surface area contributed by atoms with Gasteiger partial charge in [-0.1, -0.05) is 18.2 Å². The molecule has 1 atom stereocenters. The lowest BCUT2D eigenvalue weighted by molar-refractivity contribution is -0.746. The molecule has 5 heteroatoms. The summed E-state index contributed by atoms with van der Waals surface area (Å²) in [4.78, 5) is 8.74. The molecule has 1 saturated carbocycles. The first-order chi connectivity index (χ1) is 13.8. The van der Waals surface area contributed by atoms with Crippen molar-refractivity contribution in [3.63, 3.8) is 0 Å². The van der Waals surface area contributed by atoms with E-state index in [2.05, 4.69) is 46.3 Å². The molecule has 0 N–H and O–H groups in total. The summed E-state index contributed by atoms with van der Waals surface area (Å²) < 4.78 is 6.56. The number of fused-ring (bicyclic) bond motifs is 1. The van der Waals surface area contributed by atoms with Crippen molar-refractivity contribution in [2.24, 2.45) is 9.98 Å². The van der Waals surface area contributed by atoms with Crippen LogP contribution in [0.5, 0.6) is 11.5 Å². The molecule has 2 heterocycles. The molecule has 0 saturated heterocycles. The molecule has 1 fully saturated rings. The minimum Gasteiger partial charge on any atom is -0.457 e. The van der Waals surface area contributed by atoms with Crippen LogP contribution in [0.3, 0.4) is 0 Å². The van der Waals surface area contributed by atoms with Crippen LogP contribution in [0.1, 0.15) is 24.8 Å². The third-order valence-corrected chi connectivity index (χ3v) is 5.65. The standard InChI is InChI=1S/C23H23N4O/c1-18-5-2-3-8-23(18)28-22-11-9-20(10-12-22)26(19-6-4-7-19)27-14-13-24-15-21(27)16-25-17-27/h2-3,5,8-17,19H,4,6-7H2,1H3/q+1. The minimum atomic E-state index is 0.478. The smallest absolute Gasteiger partial charge is 0.225 e. The molecule has 0 aromatic heterocycles. The summed E-state index contributed by atoms with van der Waals surface area (Å²) in [6, 6.07) is 16.9. The minimum absolute atomic E-state index is 0.478. The van der Waals surface area contributed by atoms with Crippen molar-refractivity contribution in [1.82, 2.24) is 0 Å². The average molecular weight is 371 g/mol. The lowest BCUT2D eigenvalue weighted by atomic mass is 9.92. The van der Waals surface area contributed by atoms with E-state index in [9.17, 15) is 0 Å². The van der Waals surface area contributed by atoms with Crippen molar-refractivity contribution in [2.75, 3.05) is 5.01 Å². The Morgan fingerprint density at radius 1 is 1.04 bits per heavy atom. The van der Waals surface area contributed by atoms with Gasteiger partial charge < -0.3 is 4.74 Å². The topological polar surface area (TPSA) is 37.2 Å².